The first kappa shape index (κ1) is 13.6. The molecule has 0 unspecified atom stereocenters. The van der Waals surface area contributed by atoms with E-state index in [4.69, 9.17) is 14.4 Å². The minimum Gasteiger partial charge on any atom is -0.491 e. The van der Waals surface area contributed by atoms with E-state index in [1.165, 1.54) is 0 Å². The Morgan fingerprint density at radius 1 is 1.26 bits per heavy atom. The van der Waals surface area contributed by atoms with Gasteiger partial charge in [0.15, 0.2) is 0 Å². The summed E-state index contributed by atoms with van der Waals surface area (Å²) < 4.78 is 10.8. The smallest absolute Gasteiger partial charge is 0.137 e. The molecule has 0 atom stereocenters. The third-order valence-electron chi connectivity index (χ3n) is 2.66. The van der Waals surface area contributed by atoms with Gasteiger partial charge in [0.1, 0.15) is 17.2 Å². The Bertz CT molecular complexity index is 502. The van der Waals surface area contributed by atoms with Crippen LogP contribution in [0.1, 0.15) is 26.0 Å². The van der Waals surface area contributed by atoms with E-state index in [9.17, 15) is 0 Å². The monoisotopic (exact) mass is 261 g/mol. The van der Waals surface area contributed by atoms with Crippen molar-refractivity contribution in [2.75, 3.05) is 6.61 Å². The highest BCUT2D eigenvalue weighted by Crippen LogP contribution is 2.23. The van der Waals surface area contributed by atoms with Gasteiger partial charge in [-0.25, -0.2) is 0 Å². The minimum absolute atomic E-state index is 0.164. The number of rotatable bonds is 6. The van der Waals surface area contributed by atoms with Crippen molar-refractivity contribution in [3.05, 3.63) is 36.1 Å². The molecule has 1 heterocycles. The number of aliphatic hydroxyl groups is 1. The van der Waals surface area contributed by atoms with Gasteiger partial charge in [-0.2, -0.15) is 0 Å². The molecule has 1 aromatic carbocycles. The first-order valence-corrected chi connectivity index (χ1v) is 6.52. The Morgan fingerprint density at radius 3 is 2.63 bits per heavy atom. The van der Waals surface area contributed by atoms with Gasteiger partial charge in [-0.15, -0.1) is 0 Å². The zero-order chi connectivity index (χ0) is 13.7. The standard InChI is InChI=1S/C15H19NO3/c1-11(2)18-13-7-5-12(6-8-13)15-10-14(19-16-15)4-3-9-17/h5-8,10-11,17H,3-4,9H2,1-2H3. The minimum atomic E-state index is 0.164. The summed E-state index contributed by atoms with van der Waals surface area (Å²) in [7, 11) is 0. The van der Waals surface area contributed by atoms with E-state index in [2.05, 4.69) is 5.16 Å². The Balaban J connectivity index is 2.07. The van der Waals surface area contributed by atoms with E-state index in [1.807, 2.05) is 44.2 Å². The van der Waals surface area contributed by atoms with Crippen LogP contribution in [0.4, 0.5) is 0 Å². The summed E-state index contributed by atoms with van der Waals surface area (Å²) in [6, 6.07) is 9.69. The Morgan fingerprint density at radius 2 is 2.00 bits per heavy atom. The highest BCUT2D eigenvalue weighted by atomic mass is 16.5. The fourth-order valence-corrected chi connectivity index (χ4v) is 1.80. The van der Waals surface area contributed by atoms with Gasteiger partial charge < -0.3 is 14.4 Å². The molecule has 1 aromatic heterocycles. The van der Waals surface area contributed by atoms with Gasteiger partial charge in [0.05, 0.1) is 6.10 Å². The van der Waals surface area contributed by atoms with Crippen molar-refractivity contribution in [3.63, 3.8) is 0 Å². The molecule has 19 heavy (non-hydrogen) atoms. The zero-order valence-corrected chi connectivity index (χ0v) is 11.3. The fraction of sp³-hybridized carbons (Fsp3) is 0.400. The summed E-state index contributed by atoms with van der Waals surface area (Å²) >= 11 is 0. The summed E-state index contributed by atoms with van der Waals surface area (Å²) in [6.07, 6.45) is 1.57. The first-order chi connectivity index (χ1) is 9.19. The molecule has 0 aliphatic rings. The second kappa shape index (κ2) is 6.38. The second-order valence-corrected chi connectivity index (χ2v) is 4.70. The number of aliphatic hydroxyl groups excluding tert-OH is 1. The largest absolute Gasteiger partial charge is 0.491 e. The second-order valence-electron chi connectivity index (χ2n) is 4.70. The van der Waals surface area contributed by atoms with Crippen LogP contribution in [-0.2, 0) is 6.42 Å². The lowest BCUT2D eigenvalue weighted by Crippen LogP contribution is -2.05. The number of hydrogen-bond donors (Lipinski definition) is 1. The van der Waals surface area contributed by atoms with E-state index in [1.54, 1.807) is 0 Å². The van der Waals surface area contributed by atoms with Crippen molar-refractivity contribution in [1.29, 1.82) is 0 Å². The molecule has 0 saturated heterocycles. The van der Waals surface area contributed by atoms with Crippen LogP contribution < -0.4 is 4.74 Å². The van der Waals surface area contributed by atoms with Gasteiger partial charge in [-0.1, -0.05) is 5.16 Å². The van der Waals surface area contributed by atoms with Crippen LogP contribution >= 0.6 is 0 Å². The fourth-order valence-electron chi connectivity index (χ4n) is 1.80. The Labute approximate surface area is 113 Å². The maximum Gasteiger partial charge on any atom is 0.137 e. The number of nitrogens with zero attached hydrogens (tertiary/aromatic N) is 1. The van der Waals surface area contributed by atoms with Gasteiger partial charge in [0, 0.05) is 24.7 Å². The van der Waals surface area contributed by atoms with Crippen molar-refractivity contribution in [3.8, 4) is 17.0 Å². The number of aryl methyl sites for hydroxylation is 1. The molecular weight excluding hydrogens is 242 g/mol. The first-order valence-electron chi connectivity index (χ1n) is 6.52. The summed E-state index contributed by atoms with van der Waals surface area (Å²) in [5.41, 5.74) is 1.80. The average Bonchev–Trinajstić information content (AvgIpc) is 2.85. The van der Waals surface area contributed by atoms with Crippen molar-refractivity contribution >= 4 is 0 Å². The van der Waals surface area contributed by atoms with E-state index in [0.717, 1.165) is 22.8 Å². The Hall–Kier alpha value is -1.81. The van der Waals surface area contributed by atoms with Gasteiger partial charge in [0.2, 0.25) is 0 Å². The molecule has 0 aliphatic carbocycles. The molecule has 2 aromatic rings. The van der Waals surface area contributed by atoms with Crippen LogP contribution in [0.15, 0.2) is 34.9 Å². The molecule has 0 spiro atoms. The highest BCUT2D eigenvalue weighted by molar-refractivity contribution is 5.59. The molecular formula is C15H19NO3. The van der Waals surface area contributed by atoms with Crippen molar-refractivity contribution in [1.82, 2.24) is 5.16 Å². The van der Waals surface area contributed by atoms with Crippen LogP contribution in [0, 0.1) is 0 Å². The van der Waals surface area contributed by atoms with Crippen LogP contribution in [0.5, 0.6) is 5.75 Å². The number of benzene rings is 1. The van der Waals surface area contributed by atoms with Gasteiger partial charge in [0.25, 0.3) is 0 Å². The predicted octanol–water partition coefficient (Wildman–Crippen LogP) is 3.05. The molecule has 0 bridgehead atoms. The molecule has 4 nitrogen and oxygen atoms in total. The molecule has 4 heteroatoms. The van der Waals surface area contributed by atoms with Crippen molar-refractivity contribution in [2.45, 2.75) is 32.8 Å². The Kier molecular flexibility index (Phi) is 4.58. The molecule has 0 fully saturated rings. The quantitative estimate of drug-likeness (QED) is 0.868. The lowest BCUT2D eigenvalue weighted by atomic mass is 10.1. The third kappa shape index (κ3) is 3.83. The number of aromatic nitrogens is 1. The number of ether oxygens (including phenoxy) is 1. The lowest BCUT2D eigenvalue weighted by Gasteiger charge is -2.09. The average molecular weight is 261 g/mol. The van der Waals surface area contributed by atoms with E-state index in [0.29, 0.717) is 12.8 Å². The van der Waals surface area contributed by atoms with E-state index >= 15 is 0 Å². The normalized spacial score (nSPS) is 10.9. The summed E-state index contributed by atoms with van der Waals surface area (Å²) in [5, 5.41) is 12.8. The molecule has 0 aliphatic heterocycles. The molecule has 0 amide bonds. The molecule has 1 N–H and O–H groups in total. The third-order valence-corrected chi connectivity index (χ3v) is 2.66. The highest BCUT2D eigenvalue weighted by Gasteiger charge is 2.07. The lowest BCUT2D eigenvalue weighted by molar-refractivity contribution is 0.242. The van der Waals surface area contributed by atoms with E-state index < -0.39 is 0 Å². The van der Waals surface area contributed by atoms with Crippen molar-refractivity contribution < 1.29 is 14.4 Å². The summed E-state index contributed by atoms with van der Waals surface area (Å²) in [4.78, 5) is 0. The summed E-state index contributed by atoms with van der Waals surface area (Å²) in [5.74, 6) is 1.65. The van der Waals surface area contributed by atoms with Crippen LogP contribution in [0.25, 0.3) is 11.3 Å². The maximum absolute atomic E-state index is 8.78. The van der Waals surface area contributed by atoms with Gasteiger partial charge >= 0.3 is 0 Å². The van der Waals surface area contributed by atoms with Gasteiger partial charge in [-0.3, -0.25) is 0 Å². The zero-order valence-electron chi connectivity index (χ0n) is 11.3. The maximum atomic E-state index is 8.78. The summed E-state index contributed by atoms with van der Waals surface area (Å²) in [6.45, 7) is 4.16. The molecule has 2 rings (SSSR count). The van der Waals surface area contributed by atoms with Crippen LogP contribution in [-0.4, -0.2) is 23.0 Å². The molecule has 0 saturated carbocycles. The molecule has 0 radical (unpaired) electrons. The van der Waals surface area contributed by atoms with Crippen LogP contribution in [0.2, 0.25) is 0 Å². The van der Waals surface area contributed by atoms with Crippen LogP contribution in [0.3, 0.4) is 0 Å². The topological polar surface area (TPSA) is 55.5 Å². The SMILES string of the molecule is CC(C)Oc1ccc(-c2cc(CCCO)on2)cc1. The van der Waals surface area contributed by atoms with Crippen molar-refractivity contribution in [2.24, 2.45) is 0 Å². The number of hydrogen-bond acceptors (Lipinski definition) is 4. The molecule has 102 valence electrons. The van der Waals surface area contributed by atoms with Gasteiger partial charge in [-0.05, 0) is 44.5 Å². The van der Waals surface area contributed by atoms with E-state index in [-0.39, 0.29) is 12.7 Å². The predicted molar refractivity (Wildman–Crippen MR) is 73.1 cm³/mol.